The summed E-state index contributed by atoms with van der Waals surface area (Å²) in [4.78, 5) is 23.7. The van der Waals surface area contributed by atoms with Crippen molar-refractivity contribution in [1.29, 1.82) is 0 Å². The minimum atomic E-state index is -0.427. The van der Waals surface area contributed by atoms with Crippen LogP contribution in [0.4, 0.5) is 0 Å². The van der Waals surface area contributed by atoms with Crippen molar-refractivity contribution in [3.8, 4) is 10.4 Å². The molecule has 2 N–H and O–H groups in total. The van der Waals surface area contributed by atoms with Gasteiger partial charge < -0.3 is 5.73 Å². The molecule has 0 unspecified atom stereocenters. The molecule has 0 aliphatic rings. The maximum atomic E-state index is 11.3. The maximum Gasteiger partial charge on any atom is 0.258 e. The van der Waals surface area contributed by atoms with Gasteiger partial charge in [0.25, 0.3) is 5.91 Å². The summed E-state index contributed by atoms with van der Waals surface area (Å²) in [6, 6.07) is 10.9. The van der Waals surface area contributed by atoms with Gasteiger partial charge in [0.1, 0.15) is 0 Å². The fourth-order valence-electron chi connectivity index (χ4n) is 1.52. The fraction of sp³-hybridized carbons (Fsp3) is 0.0769. The third-order valence-electron chi connectivity index (χ3n) is 2.40. The molecule has 2 rings (SSSR count). The van der Waals surface area contributed by atoms with Gasteiger partial charge in [-0.25, -0.2) is 0 Å². The largest absolute Gasteiger partial charge is 0.365 e. The van der Waals surface area contributed by atoms with Crippen LogP contribution in [0.1, 0.15) is 27.0 Å². The van der Waals surface area contributed by atoms with Crippen LogP contribution in [-0.2, 0) is 0 Å². The summed E-state index contributed by atoms with van der Waals surface area (Å²) in [5.74, 6) is -0.400. The lowest BCUT2D eigenvalue weighted by molar-refractivity contribution is 0.0999. The maximum absolute atomic E-state index is 11.3. The first-order chi connectivity index (χ1) is 8.08. The first kappa shape index (κ1) is 11.5. The van der Waals surface area contributed by atoms with Crippen molar-refractivity contribution in [2.75, 3.05) is 0 Å². The number of Topliss-reactive ketones (excluding diaryl/α,β-unsaturated/α-hetero) is 1. The molecular formula is C13H11NO2S. The van der Waals surface area contributed by atoms with Gasteiger partial charge in [-0.3, -0.25) is 9.59 Å². The van der Waals surface area contributed by atoms with Crippen molar-refractivity contribution in [3.63, 3.8) is 0 Å². The van der Waals surface area contributed by atoms with Crippen LogP contribution in [0.3, 0.4) is 0 Å². The molecule has 1 aromatic carbocycles. The molecule has 2 aromatic rings. The van der Waals surface area contributed by atoms with Crippen molar-refractivity contribution in [2.24, 2.45) is 5.73 Å². The molecule has 0 aliphatic heterocycles. The van der Waals surface area contributed by atoms with Crippen LogP contribution in [0.15, 0.2) is 36.4 Å². The number of carbonyl (C=O) groups is 2. The monoisotopic (exact) mass is 245 g/mol. The molecule has 0 fully saturated rings. The van der Waals surface area contributed by atoms with Gasteiger partial charge in [-0.15, -0.1) is 11.3 Å². The van der Waals surface area contributed by atoms with Gasteiger partial charge in [0.15, 0.2) is 5.78 Å². The number of primary amides is 1. The van der Waals surface area contributed by atoms with Gasteiger partial charge in [0.05, 0.1) is 4.88 Å². The highest BCUT2D eigenvalue weighted by Gasteiger charge is 2.08. The SMILES string of the molecule is CC(=O)c1cccc(-c2ccc(C(N)=O)s2)c1. The highest BCUT2D eigenvalue weighted by molar-refractivity contribution is 7.17. The van der Waals surface area contributed by atoms with E-state index < -0.39 is 5.91 Å². The van der Waals surface area contributed by atoms with E-state index in [-0.39, 0.29) is 5.78 Å². The quantitative estimate of drug-likeness (QED) is 0.845. The second kappa shape index (κ2) is 4.51. The highest BCUT2D eigenvalue weighted by atomic mass is 32.1. The van der Waals surface area contributed by atoms with E-state index >= 15 is 0 Å². The number of nitrogens with two attached hydrogens (primary N) is 1. The topological polar surface area (TPSA) is 60.2 Å². The van der Waals surface area contributed by atoms with Crippen molar-refractivity contribution in [3.05, 3.63) is 46.8 Å². The Bertz CT molecular complexity index is 587. The smallest absolute Gasteiger partial charge is 0.258 e. The Hall–Kier alpha value is -1.94. The van der Waals surface area contributed by atoms with Crippen molar-refractivity contribution in [1.82, 2.24) is 0 Å². The number of hydrogen-bond donors (Lipinski definition) is 1. The molecule has 0 saturated heterocycles. The third kappa shape index (κ3) is 2.42. The zero-order chi connectivity index (χ0) is 12.4. The molecule has 0 spiro atoms. The summed E-state index contributed by atoms with van der Waals surface area (Å²) in [6.07, 6.45) is 0. The molecule has 0 atom stereocenters. The van der Waals surface area contributed by atoms with Crippen LogP contribution in [0.25, 0.3) is 10.4 Å². The zero-order valence-electron chi connectivity index (χ0n) is 9.27. The Morgan fingerprint density at radius 2 is 1.94 bits per heavy atom. The van der Waals surface area contributed by atoms with Crippen LogP contribution in [0, 0.1) is 0 Å². The number of benzene rings is 1. The van der Waals surface area contributed by atoms with Gasteiger partial charge in [-0.1, -0.05) is 18.2 Å². The molecule has 0 aliphatic carbocycles. The average Bonchev–Trinajstić information content (AvgIpc) is 2.78. The van der Waals surface area contributed by atoms with E-state index in [2.05, 4.69) is 0 Å². The van der Waals surface area contributed by atoms with E-state index in [1.54, 1.807) is 12.1 Å². The summed E-state index contributed by atoms with van der Waals surface area (Å²) in [5.41, 5.74) is 6.79. The predicted molar refractivity (Wildman–Crippen MR) is 68.3 cm³/mol. The van der Waals surface area contributed by atoms with Gasteiger partial charge in [0, 0.05) is 10.4 Å². The second-order valence-electron chi connectivity index (χ2n) is 3.67. The Morgan fingerprint density at radius 1 is 1.18 bits per heavy atom. The van der Waals surface area contributed by atoms with E-state index in [1.807, 2.05) is 24.3 Å². The Morgan fingerprint density at radius 3 is 2.53 bits per heavy atom. The summed E-state index contributed by atoms with van der Waals surface area (Å²) in [5, 5.41) is 0. The lowest BCUT2D eigenvalue weighted by Crippen LogP contribution is -2.07. The van der Waals surface area contributed by atoms with Crippen LogP contribution in [0.2, 0.25) is 0 Å². The van der Waals surface area contributed by atoms with E-state index in [0.717, 1.165) is 10.4 Å². The predicted octanol–water partition coefficient (Wildman–Crippen LogP) is 2.72. The Labute approximate surface area is 103 Å². The van der Waals surface area contributed by atoms with Crippen molar-refractivity contribution >= 4 is 23.0 Å². The lowest BCUT2D eigenvalue weighted by Gasteiger charge is -2.00. The van der Waals surface area contributed by atoms with E-state index in [9.17, 15) is 9.59 Å². The standard InChI is InChI=1S/C13H11NO2S/c1-8(15)9-3-2-4-10(7-9)11-5-6-12(17-11)13(14)16/h2-7H,1H3,(H2,14,16). The lowest BCUT2D eigenvalue weighted by atomic mass is 10.1. The molecule has 17 heavy (non-hydrogen) atoms. The van der Waals surface area contributed by atoms with Crippen LogP contribution in [-0.4, -0.2) is 11.7 Å². The second-order valence-corrected chi connectivity index (χ2v) is 4.75. The molecule has 1 heterocycles. The fourth-order valence-corrected chi connectivity index (χ4v) is 2.37. The molecule has 1 aromatic heterocycles. The molecule has 0 bridgehead atoms. The molecule has 0 saturated carbocycles. The molecule has 86 valence electrons. The Kier molecular flexibility index (Phi) is 3.06. The average molecular weight is 245 g/mol. The summed E-state index contributed by atoms with van der Waals surface area (Å²) in [7, 11) is 0. The number of carbonyl (C=O) groups excluding carboxylic acids is 2. The van der Waals surface area contributed by atoms with Crippen LogP contribution >= 0.6 is 11.3 Å². The molecule has 4 heteroatoms. The molecule has 1 amide bonds. The van der Waals surface area contributed by atoms with Crippen LogP contribution < -0.4 is 5.73 Å². The number of hydrogen-bond acceptors (Lipinski definition) is 3. The highest BCUT2D eigenvalue weighted by Crippen LogP contribution is 2.28. The first-order valence-electron chi connectivity index (χ1n) is 5.09. The Balaban J connectivity index is 2.42. The minimum absolute atomic E-state index is 0.0264. The number of thiophene rings is 1. The van der Waals surface area contributed by atoms with E-state index in [1.165, 1.54) is 18.3 Å². The summed E-state index contributed by atoms with van der Waals surface area (Å²) in [6.45, 7) is 1.53. The van der Waals surface area contributed by atoms with Crippen LogP contribution in [0.5, 0.6) is 0 Å². The number of ketones is 1. The normalized spacial score (nSPS) is 10.2. The van der Waals surface area contributed by atoms with Gasteiger partial charge in [0.2, 0.25) is 0 Å². The van der Waals surface area contributed by atoms with Crippen molar-refractivity contribution < 1.29 is 9.59 Å². The third-order valence-corrected chi connectivity index (χ3v) is 3.55. The summed E-state index contributed by atoms with van der Waals surface area (Å²) < 4.78 is 0. The van der Waals surface area contributed by atoms with E-state index in [0.29, 0.717) is 10.4 Å². The first-order valence-corrected chi connectivity index (χ1v) is 5.90. The van der Waals surface area contributed by atoms with Gasteiger partial charge in [-0.2, -0.15) is 0 Å². The number of rotatable bonds is 3. The number of amides is 1. The van der Waals surface area contributed by atoms with E-state index in [4.69, 9.17) is 5.73 Å². The van der Waals surface area contributed by atoms with Gasteiger partial charge in [-0.05, 0) is 30.7 Å². The summed E-state index contributed by atoms with van der Waals surface area (Å²) >= 11 is 1.33. The minimum Gasteiger partial charge on any atom is -0.365 e. The zero-order valence-corrected chi connectivity index (χ0v) is 10.1. The van der Waals surface area contributed by atoms with Gasteiger partial charge >= 0.3 is 0 Å². The molecule has 0 radical (unpaired) electrons. The molecule has 3 nitrogen and oxygen atoms in total. The van der Waals surface area contributed by atoms with Crippen molar-refractivity contribution in [2.45, 2.75) is 6.92 Å². The molecular weight excluding hydrogens is 234 g/mol.